The summed E-state index contributed by atoms with van der Waals surface area (Å²) in [5, 5.41) is 3.14. The molecule has 4 nitrogen and oxygen atoms in total. The molecule has 1 amide bonds. The third-order valence-electron chi connectivity index (χ3n) is 3.42. The highest BCUT2D eigenvalue weighted by atomic mass is 35.5. The number of nitrogens with two attached hydrogens (primary N) is 1. The summed E-state index contributed by atoms with van der Waals surface area (Å²) in [4.78, 5) is 12.0. The molecule has 0 fully saturated rings. The quantitative estimate of drug-likeness (QED) is 0.724. The van der Waals surface area contributed by atoms with Gasteiger partial charge in [-0.3, -0.25) is 4.79 Å². The fraction of sp³-hybridized carbons (Fsp3) is 0.933. The van der Waals surface area contributed by atoms with E-state index in [1.165, 1.54) is 0 Å². The molecule has 0 saturated heterocycles. The first-order chi connectivity index (χ1) is 8.70. The number of methoxy groups -OCH3 is 1. The van der Waals surface area contributed by atoms with Crippen molar-refractivity contribution in [3.63, 3.8) is 0 Å². The second-order valence-electron chi connectivity index (χ2n) is 6.75. The zero-order valence-corrected chi connectivity index (χ0v) is 14.7. The minimum atomic E-state index is -0.189. The van der Waals surface area contributed by atoms with Crippen molar-refractivity contribution >= 4 is 18.3 Å². The molecule has 0 aromatic carbocycles. The Hall–Kier alpha value is -0.320. The minimum Gasteiger partial charge on any atom is -0.380 e. The molecule has 0 rings (SSSR count). The summed E-state index contributed by atoms with van der Waals surface area (Å²) in [6.07, 6.45) is 2.27. The Labute approximate surface area is 130 Å². The van der Waals surface area contributed by atoms with Crippen LogP contribution in [0.4, 0.5) is 0 Å². The lowest BCUT2D eigenvalue weighted by atomic mass is 9.82. The molecule has 0 aromatic rings. The van der Waals surface area contributed by atoms with Gasteiger partial charge in [0.05, 0.1) is 12.5 Å². The fourth-order valence-electron chi connectivity index (χ4n) is 1.94. The van der Waals surface area contributed by atoms with Gasteiger partial charge < -0.3 is 15.8 Å². The van der Waals surface area contributed by atoms with Crippen molar-refractivity contribution in [2.45, 2.75) is 66.0 Å². The van der Waals surface area contributed by atoms with Crippen molar-refractivity contribution in [1.29, 1.82) is 0 Å². The third-order valence-corrected chi connectivity index (χ3v) is 3.42. The Bertz CT molecular complexity index is 261. The number of amides is 1. The van der Waals surface area contributed by atoms with Crippen molar-refractivity contribution in [2.24, 2.45) is 17.1 Å². The van der Waals surface area contributed by atoms with Crippen LogP contribution in [0.2, 0.25) is 0 Å². The lowest BCUT2D eigenvalue weighted by Crippen LogP contribution is -2.45. The first kappa shape index (κ1) is 22.0. The van der Waals surface area contributed by atoms with E-state index in [0.29, 0.717) is 18.9 Å². The average molecular weight is 309 g/mol. The van der Waals surface area contributed by atoms with E-state index in [9.17, 15) is 4.79 Å². The van der Waals surface area contributed by atoms with Gasteiger partial charge in [-0.1, -0.05) is 34.6 Å². The number of hydrogen-bond acceptors (Lipinski definition) is 3. The van der Waals surface area contributed by atoms with Crippen LogP contribution in [-0.2, 0) is 9.53 Å². The highest BCUT2D eigenvalue weighted by Crippen LogP contribution is 2.24. The summed E-state index contributed by atoms with van der Waals surface area (Å²) in [6.45, 7) is 11.3. The molecule has 0 saturated carbocycles. The molecule has 2 unspecified atom stereocenters. The third kappa shape index (κ3) is 9.56. The first-order valence-electron chi connectivity index (χ1n) is 7.22. The molecule has 0 radical (unpaired) electrons. The van der Waals surface area contributed by atoms with Gasteiger partial charge in [0.2, 0.25) is 5.91 Å². The van der Waals surface area contributed by atoms with E-state index in [2.05, 4.69) is 39.9 Å². The Morgan fingerprint density at radius 2 is 1.80 bits per heavy atom. The lowest BCUT2D eigenvalue weighted by molar-refractivity contribution is -0.125. The molecule has 20 heavy (non-hydrogen) atoms. The largest absolute Gasteiger partial charge is 0.380 e. The summed E-state index contributed by atoms with van der Waals surface area (Å²) >= 11 is 0. The van der Waals surface area contributed by atoms with Crippen LogP contribution in [-0.4, -0.2) is 31.7 Å². The van der Waals surface area contributed by atoms with E-state index >= 15 is 0 Å². The standard InChI is InChI=1S/C15H32N2O2.ClH/c1-11(2)7-8-13(15(3,4)5)17-14(18)9-12(10-16)19-6;/h11-13H,7-10,16H2,1-6H3,(H,17,18);1H. The lowest BCUT2D eigenvalue weighted by Gasteiger charge is -2.32. The summed E-state index contributed by atoms with van der Waals surface area (Å²) in [6, 6.07) is 0.192. The topological polar surface area (TPSA) is 64.3 Å². The number of rotatable bonds is 8. The molecule has 122 valence electrons. The summed E-state index contributed by atoms with van der Waals surface area (Å²) < 4.78 is 5.15. The molecular formula is C15H33ClN2O2. The van der Waals surface area contributed by atoms with Crippen molar-refractivity contribution in [1.82, 2.24) is 5.32 Å². The molecule has 0 heterocycles. The van der Waals surface area contributed by atoms with Gasteiger partial charge >= 0.3 is 0 Å². The molecule has 0 aromatic heterocycles. The maximum absolute atomic E-state index is 12.0. The Kier molecular flexibility index (Phi) is 11.4. The SMILES string of the molecule is COC(CN)CC(=O)NC(CCC(C)C)C(C)(C)C.Cl. The average Bonchev–Trinajstić information content (AvgIpc) is 2.29. The van der Waals surface area contributed by atoms with Gasteiger partial charge in [-0.2, -0.15) is 0 Å². The van der Waals surface area contributed by atoms with Gasteiger partial charge in [0, 0.05) is 19.7 Å². The molecule has 3 N–H and O–H groups in total. The molecule has 5 heteroatoms. The van der Waals surface area contributed by atoms with Crippen molar-refractivity contribution in [3.05, 3.63) is 0 Å². The molecule has 0 aliphatic heterocycles. The highest BCUT2D eigenvalue weighted by Gasteiger charge is 2.26. The number of halogens is 1. The van der Waals surface area contributed by atoms with Gasteiger partial charge in [-0.25, -0.2) is 0 Å². The van der Waals surface area contributed by atoms with Crippen LogP contribution in [0.1, 0.15) is 53.9 Å². The molecule has 2 atom stereocenters. The van der Waals surface area contributed by atoms with Crippen molar-refractivity contribution in [2.75, 3.05) is 13.7 Å². The van der Waals surface area contributed by atoms with Crippen LogP contribution >= 0.6 is 12.4 Å². The van der Waals surface area contributed by atoms with E-state index in [4.69, 9.17) is 10.5 Å². The van der Waals surface area contributed by atoms with E-state index in [0.717, 1.165) is 12.8 Å². The maximum Gasteiger partial charge on any atom is 0.222 e. The van der Waals surface area contributed by atoms with Crippen LogP contribution in [0.15, 0.2) is 0 Å². The second kappa shape index (κ2) is 10.4. The Morgan fingerprint density at radius 1 is 1.25 bits per heavy atom. The van der Waals surface area contributed by atoms with Crippen LogP contribution in [0.3, 0.4) is 0 Å². The van der Waals surface area contributed by atoms with Gasteiger partial charge in [-0.15, -0.1) is 12.4 Å². The van der Waals surface area contributed by atoms with Gasteiger partial charge in [0.15, 0.2) is 0 Å². The number of nitrogens with one attached hydrogen (secondary N) is 1. The van der Waals surface area contributed by atoms with Crippen LogP contribution < -0.4 is 11.1 Å². The normalized spacial score (nSPS) is 14.6. The predicted octanol–water partition coefficient (Wildman–Crippen LogP) is 2.74. The Morgan fingerprint density at radius 3 is 2.15 bits per heavy atom. The summed E-state index contributed by atoms with van der Waals surface area (Å²) in [7, 11) is 1.59. The van der Waals surface area contributed by atoms with Crippen LogP contribution in [0.5, 0.6) is 0 Å². The summed E-state index contributed by atoms with van der Waals surface area (Å²) in [5.41, 5.74) is 5.61. The number of hydrogen-bond donors (Lipinski definition) is 2. The summed E-state index contributed by atoms with van der Waals surface area (Å²) in [5.74, 6) is 0.679. The van der Waals surface area contributed by atoms with Crippen LogP contribution in [0.25, 0.3) is 0 Å². The minimum absolute atomic E-state index is 0. The first-order valence-corrected chi connectivity index (χ1v) is 7.22. The molecule has 0 aliphatic carbocycles. The van der Waals surface area contributed by atoms with E-state index in [1.54, 1.807) is 7.11 Å². The molecular weight excluding hydrogens is 276 g/mol. The van der Waals surface area contributed by atoms with Gasteiger partial charge in [0.25, 0.3) is 0 Å². The van der Waals surface area contributed by atoms with E-state index in [1.807, 2.05) is 0 Å². The maximum atomic E-state index is 12.0. The monoisotopic (exact) mass is 308 g/mol. The zero-order valence-electron chi connectivity index (χ0n) is 13.9. The number of carbonyl (C=O) groups is 1. The van der Waals surface area contributed by atoms with Crippen LogP contribution in [0, 0.1) is 11.3 Å². The van der Waals surface area contributed by atoms with E-state index < -0.39 is 0 Å². The molecule has 0 aliphatic rings. The highest BCUT2D eigenvalue weighted by molar-refractivity contribution is 5.85. The Balaban J connectivity index is 0. The number of ether oxygens (including phenoxy) is 1. The smallest absolute Gasteiger partial charge is 0.222 e. The number of carbonyl (C=O) groups excluding carboxylic acids is 1. The molecule has 0 bridgehead atoms. The fourth-order valence-corrected chi connectivity index (χ4v) is 1.94. The van der Waals surface area contributed by atoms with Crippen molar-refractivity contribution < 1.29 is 9.53 Å². The predicted molar refractivity (Wildman–Crippen MR) is 87.2 cm³/mol. The van der Waals surface area contributed by atoms with E-state index in [-0.39, 0.29) is 35.9 Å². The van der Waals surface area contributed by atoms with Crippen molar-refractivity contribution in [3.8, 4) is 0 Å². The van der Waals surface area contributed by atoms with Gasteiger partial charge in [0.1, 0.15) is 0 Å². The second-order valence-corrected chi connectivity index (χ2v) is 6.75. The zero-order chi connectivity index (χ0) is 15.1. The molecule has 0 spiro atoms. The van der Waals surface area contributed by atoms with Gasteiger partial charge in [-0.05, 0) is 24.2 Å².